The van der Waals surface area contributed by atoms with Gasteiger partial charge in [-0.05, 0) is 6.07 Å². The molecule has 6 heteroatoms. The number of hydrogen-bond donors (Lipinski definition) is 1. The standard InChI is InChI=1S/C15H14FNO4/c1-18-13-5-10(16)11(17)6-14(13)19-7-9-3-2-4-12-15(9)21-8-20-12/h2-6H,7-8,17H2,1H3. The fourth-order valence-electron chi connectivity index (χ4n) is 2.08. The molecule has 2 aromatic carbocycles. The monoisotopic (exact) mass is 291 g/mol. The molecule has 21 heavy (non-hydrogen) atoms. The molecule has 0 aromatic heterocycles. The van der Waals surface area contributed by atoms with E-state index in [-0.39, 0.29) is 24.8 Å². The molecule has 0 bridgehead atoms. The van der Waals surface area contributed by atoms with Crippen LogP contribution in [0.2, 0.25) is 0 Å². The van der Waals surface area contributed by atoms with Crippen LogP contribution in [0.25, 0.3) is 0 Å². The minimum atomic E-state index is -0.545. The van der Waals surface area contributed by atoms with Crippen molar-refractivity contribution in [3.8, 4) is 23.0 Å². The molecular formula is C15H14FNO4. The Bertz CT molecular complexity index is 675. The minimum Gasteiger partial charge on any atom is -0.493 e. The van der Waals surface area contributed by atoms with Crippen LogP contribution >= 0.6 is 0 Å². The minimum absolute atomic E-state index is 0.00340. The number of methoxy groups -OCH3 is 1. The summed E-state index contributed by atoms with van der Waals surface area (Å²) < 4.78 is 34.8. The second-order valence-electron chi connectivity index (χ2n) is 4.46. The molecule has 0 aliphatic carbocycles. The molecule has 0 atom stereocenters. The lowest BCUT2D eigenvalue weighted by atomic mass is 10.2. The van der Waals surface area contributed by atoms with Gasteiger partial charge in [0, 0.05) is 17.7 Å². The number of fused-ring (bicyclic) bond motifs is 1. The summed E-state index contributed by atoms with van der Waals surface area (Å²) in [7, 11) is 1.44. The van der Waals surface area contributed by atoms with Gasteiger partial charge in [-0.15, -0.1) is 0 Å². The average molecular weight is 291 g/mol. The Morgan fingerprint density at radius 2 is 2.10 bits per heavy atom. The molecule has 0 unspecified atom stereocenters. The van der Waals surface area contributed by atoms with Gasteiger partial charge in [-0.1, -0.05) is 12.1 Å². The molecule has 2 aromatic rings. The first-order chi connectivity index (χ1) is 10.2. The summed E-state index contributed by atoms with van der Waals surface area (Å²) in [6, 6.07) is 8.13. The van der Waals surface area contributed by atoms with Gasteiger partial charge >= 0.3 is 0 Å². The van der Waals surface area contributed by atoms with Crippen molar-refractivity contribution in [3.05, 3.63) is 41.7 Å². The zero-order valence-corrected chi connectivity index (χ0v) is 11.4. The van der Waals surface area contributed by atoms with Crippen molar-refractivity contribution in [1.82, 2.24) is 0 Å². The number of benzene rings is 2. The molecule has 5 nitrogen and oxygen atoms in total. The third kappa shape index (κ3) is 2.52. The van der Waals surface area contributed by atoms with Crippen molar-refractivity contribution in [1.29, 1.82) is 0 Å². The highest BCUT2D eigenvalue weighted by atomic mass is 19.1. The van der Waals surface area contributed by atoms with Gasteiger partial charge in [0.2, 0.25) is 6.79 Å². The Hall–Kier alpha value is -2.63. The Morgan fingerprint density at radius 3 is 2.90 bits per heavy atom. The Balaban J connectivity index is 1.82. The van der Waals surface area contributed by atoms with Crippen LogP contribution in [-0.4, -0.2) is 13.9 Å². The summed E-state index contributed by atoms with van der Waals surface area (Å²) in [6.45, 7) is 0.424. The van der Waals surface area contributed by atoms with E-state index < -0.39 is 5.82 Å². The summed E-state index contributed by atoms with van der Waals surface area (Å²) in [5.41, 5.74) is 6.38. The number of hydrogen-bond acceptors (Lipinski definition) is 5. The lowest BCUT2D eigenvalue weighted by Gasteiger charge is -2.13. The van der Waals surface area contributed by atoms with Crippen molar-refractivity contribution in [3.63, 3.8) is 0 Å². The molecule has 0 saturated carbocycles. The first-order valence-corrected chi connectivity index (χ1v) is 6.32. The van der Waals surface area contributed by atoms with E-state index in [1.54, 1.807) is 0 Å². The zero-order chi connectivity index (χ0) is 14.8. The summed E-state index contributed by atoms with van der Waals surface area (Å²) in [4.78, 5) is 0. The topological polar surface area (TPSA) is 62.9 Å². The van der Waals surface area contributed by atoms with Crippen molar-refractivity contribution in [2.24, 2.45) is 0 Å². The van der Waals surface area contributed by atoms with Gasteiger partial charge in [-0.3, -0.25) is 0 Å². The third-order valence-electron chi connectivity index (χ3n) is 3.14. The maximum atomic E-state index is 13.4. The molecule has 0 saturated heterocycles. The highest BCUT2D eigenvalue weighted by Gasteiger charge is 2.18. The lowest BCUT2D eigenvalue weighted by molar-refractivity contribution is 0.171. The second-order valence-corrected chi connectivity index (χ2v) is 4.46. The van der Waals surface area contributed by atoms with Crippen molar-refractivity contribution >= 4 is 5.69 Å². The van der Waals surface area contributed by atoms with E-state index in [2.05, 4.69) is 0 Å². The highest BCUT2D eigenvalue weighted by Crippen LogP contribution is 2.37. The quantitative estimate of drug-likeness (QED) is 0.878. The van der Waals surface area contributed by atoms with Crippen molar-refractivity contribution in [2.75, 3.05) is 19.6 Å². The molecule has 1 aliphatic rings. The average Bonchev–Trinajstić information content (AvgIpc) is 2.97. The summed E-state index contributed by atoms with van der Waals surface area (Å²) in [6.07, 6.45) is 0. The lowest BCUT2D eigenvalue weighted by Crippen LogP contribution is -2.01. The number of halogens is 1. The smallest absolute Gasteiger partial charge is 0.231 e. The van der Waals surface area contributed by atoms with Crippen LogP contribution in [0.15, 0.2) is 30.3 Å². The van der Waals surface area contributed by atoms with Gasteiger partial charge in [-0.25, -0.2) is 4.39 Å². The molecule has 3 rings (SSSR count). The van der Waals surface area contributed by atoms with Crippen LogP contribution in [0.5, 0.6) is 23.0 Å². The molecule has 1 aliphatic heterocycles. The molecule has 0 amide bonds. The zero-order valence-electron chi connectivity index (χ0n) is 11.4. The number of anilines is 1. The van der Waals surface area contributed by atoms with Gasteiger partial charge in [0.05, 0.1) is 12.8 Å². The van der Waals surface area contributed by atoms with Crippen LogP contribution in [0.1, 0.15) is 5.56 Å². The van der Waals surface area contributed by atoms with Gasteiger partial charge in [-0.2, -0.15) is 0 Å². The van der Waals surface area contributed by atoms with E-state index in [0.717, 1.165) is 5.56 Å². The number of rotatable bonds is 4. The first kappa shape index (κ1) is 13.4. The molecule has 0 fully saturated rings. The van der Waals surface area contributed by atoms with E-state index in [9.17, 15) is 4.39 Å². The second kappa shape index (κ2) is 5.40. The molecule has 1 heterocycles. The van der Waals surface area contributed by atoms with Crippen molar-refractivity contribution in [2.45, 2.75) is 6.61 Å². The number of ether oxygens (including phenoxy) is 4. The van der Waals surface area contributed by atoms with Gasteiger partial charge < -0.3 is 24.7 Å². The number of nitrogen functional groups attached to an aromatic ring is 1. The summed E-state index contributed by atoms with van der Waals surface area (Å²) >= 11 is 0. The van der Waals surface area contributed by atoms with E-state index in [1.807, 2.05) is 18.2 Å². The van der Waals surface area contributed by atoms with Gasteiger partial charge in [0.25, 0.3) is 0 Å². The maximum absolute atomic E-state index is 13.4. The summed E-state index contributed by atoms with van der Waals surface area (Å²) in [5.74, 6) is 1.45. The SMILES string of the molecule is COc1cc(F)c(N)cc1OCc1cccc2c1OCO2. The Labute approximate surface area is 121 Å². The predicted octanol–water partition coefficient (Wildman–Crippen LogP) is 2.72. The predicted molar refractivity (Wildman–Crippen MR) is 74.3 cm³/mol. The maximum Gasteiger partial charge on any atom is 0.231 e. The van der Waals surface area contributed by atoms with E-state index in [4.69, 9.17) is 24.7 Å². The fourth-order valence-corrected chi connectivity index (χ4v) is 2.08. The first-order valence-electron chi connectivity index (χ1n) is 6.32. The van der Waals surface area contributed by atoms with E-state index >= 15 is 0 Å². The van der Waals surface area contributed by atoms with Crippen molar-refractivity contribution < 1.29 is 23.3 Å². The Morgan fingerprint density at radius 1 is 1.24 bits per heavy atom. The molecular weight excluding hydrogens is 277 g/mol. The largest absolute Gasteiger partial charge is 0.493 e. The van der Waals surface area contributed by atoms with Crippen LogP contribution in [0, 0.1) is 5.82 Å². The molecule has 2 N–H and O–H groups in total. The fraction of sp³-hybridized carbons (Fsp3) is 0.200. The highest BCUT2D eigenvalue weighted by molar-refractivity contribution is 5.53. The molecule has 0 radical (unpaired) electrons. The normalized spacial score (nSPS) is 12.3. The van der Waals surface area contributed by atoms with Crippen LogP contribution in [0.4, 0.5) is 10.1 Å². The summed E-state index contributed by atoms with van der Waals surface area (Å²) in [5, 5.41) is 0. The number of nitrogens with two attached hydrogens (primary N) is 1. The van der Waals surface area contributed by atoms with Crippen LogP contribution < -0.4 is 24.7 Å². The molecule has 110 valence electrons. The third-order valence-corrected chi connectivity index (χ3v) is 3.14. The van der Waals surface area contributed by atoms with Crippen LogP contribution in [0.3, 0.4) is 0 Å². The van der Waals surface area contributed by atoms with E-state index in [0.29, 0.717) is 17.2 Å². The van der Waals surface area contributed by atoms with E-state index in [1.165, 1.54) is 19.2 Å². The van der Waals surface area contributed by atoms with Gasteiger partial charge in [0.1, 0.15) is 12.4 Å². The Kier molecular flexibility index (Phi) is 3.43. The van der Waals surface area contributed by atoms with Crippen LogP contribution in [-0.2, 0) is 6.61 Å². The van der Waals surface area contributed by atoms with Gasteiger partial charge in [0.15, 0.2) is 23.0 Å². The molecule has 0 spiro atoms. The number of para-hydroxylation sites is 1.